The highest BCUT2D eigenvalue weighted by atomic mass is 127. The molecule has 2 amide bonds. The molecule has 11 heteroatoms. The molecule has 1 aliphatic heterocycles. The van der Waals surface area contributed by atoms with E-state index in [9.17, 15) is 18.4 Å². The molecule has 0 bridgehead atoms. The molecule has 1 saturated heterocycles. The van der Waals surface area contributed by atoms with Crippen molar-refractivity contribution in [3.63, 3.8) is 0 Å². The molecule has 1 fully saturated rings. The lowest BCUT2D eigenvalue weighted by Crippen LogP contribution is -2.20. The summed E-state index contributed by atoms with van der Waals surface area (Å²) in [4.78, 5) is 29.5. The second kappa shape index (κ2) is 12.2. The van der Waals surface area contributed by atoms with Gasteiger partial charge in [-0.25, -0.2) is 13.8 Å². The van der Waals surface area contributed by atoms with Crippen LogP contribution in [0.2, 0.25) is 0 Å². The van der Waals surface area contributed by atoms with Crippen LogP contribution in [0.4, 0.5) is 20.2 Å². The third-order valence-corrected chi connectivity index (χ3v) is 6.52. The standard InChI is InChI=1S/C26H20F2IN3O4S/c1-2-35-21-12-15(13-22-25(34)32-26(37-22)31-19-9-5-17(28)6-10-19)11-20(29)24(21)36-14-23(33)30-18-7-3-16(27)4-8-18/h3-13H,2,14H2,1H3,(H,30,33)(H,31,32,34)/b22-13+. The summed E-state index contributed by atoms with van der Waals surface area (Å²) >= 11 is 3.23. The first-order valence-electron chi connectivity index (χ1n) is 11.0. The zero-order valence-corrected chi connectivity index (χ0v) is 22.4. The van der Waals surface area contributed by atoms with Gasteiger partial charge in [-0.05, 0) is 114 Å². The monoisotopic (exact) mass is 635 g/mol. The van der Waals surface area contributed by atoms with Crippen LogP contribution < -0.4 is 20.1 Å². The quantitative estimate of drug-likeness (QED) is 0.239. The molecule has 0 atom stereocenters. The number of benzene rings is 3. The highest BCUT2D eigenvalue weighted by Crippen LogP contribution is 2.36. The lowest BCUT2D eigenvalue weighted by molar-refractivity contribution is -0.118. The first-order chi connectivity index (χ1) is 17.8. The van der Waals surface area contributed by atoms with E-state index in [4.69, 9.17) is 9.47 Å². The zero-order chi connectivity index (χ0) is 26.4. The smallest absolute Gasteiger partial charge is 0.264 e. The second-order valence-electron chi connectivity index (χ2n) is 7.56. The summed E-state index contributed by atoms with van der Waals surface area (Å²) in [5.41, 5.74) is 1.66. The first-order valence-corrected chi connectivity index (χ1v) is 12.9. The number of nitrogens with one attached hydrogen (secondary N) is 2. The van der Waals surface area contributed by atoms with Crippen LogP contribution in [0.3, 0.4) is 0 Å². The number of hydrogen-bond acceptors (Lipinski definition) is 6. The van der Waals surface area contributed by atoms with Gasteiger partial charge < -0.3 is 20.1 Å². The molecule has 0 radical (unpaired) electrons. The van der Waals surface area contributed by atoms with E-state index in [1.54, 1.807) is 18.2 Å². The predicted molar refractivity (Wildman–Crippen MR) is 148 cm³/mol. The van der Waals surface area contributed by atoms with Crippen molar-refractivity contribution < 1.29 is 27.8 Å². The maximum Gasteiger partial charge on any atom is 0.264 e. The maximum absolute atomic E-state index is 13.1. The first kappa shape index (κ1) is 26.6. The van der Waals surface area contributed by atoms with E-state index >= 15 is 0 Å². The minimum Gasteiger partial charge on any atom is -0.490 e. The largest absolute Gasteiger partial charge is 0.490 e. The molecule has 37 heavy (non-hydrogen) atoms. The van der Waals surface area contributed by atoms with E-state index in [0.29, 0.717) is 48.7 Å². The van der Waals surface area contributed by atoms with Gasteiger partial charge in [-0.1, -0.05) is 0 Å². The van der Waals surface area contributed by atoms with Crippen LogP contribution >= 0.6 is 34.4 Å². The number of rotatable bonds is 8. The zero-order valence-electron chi connectivity index (χ0n) is 19.4. The number of hydrogen-bond donors (Lipinski definition) is 2. The lowest BCUT2D eigenvalue weighted by Gasteiger charge is -2.15. The molecule has 1 aliphatic rings. The van der Waals surface area contributed by atoms with E-state index in [2.05, 4.69) is 38.2 Å². The molecule has 7 nitrogen and oxygen atoms in total. The number of anilines is 1. The fourth-order valence-electron chi connectivity index (χ4n) is 3.21. The Morgan fingerprint density at radius 2 is 1.76 bits per heavy atom. The third kappa shape index (κ3) is 7.29. The van der Waals surface area contributed by atoms with Crippen molar-refractivity contribution in [1.82, 2.24) is 5.32 Å². The van der Waals surface area contributed by atoms with Crippen molar-refractivity contribution in [2.24, 2.45) is 4.99 Å². The van der Waals surface area contributed by atoms with Crippen molar-refractivity contribution in [3.05, 3.63) is 86.3 Å². The van der Waals surface area contributed by atoms with Crippen molar-refractivity contribution in [3.8, 4) is 11.5 Å². The minimum atomic E-state index is -0.414. The van der Waals surface area contributed by atoms with Gasteiger partial charge in [-0.15, -0.1) is 0 Å². The predicted octanol–water partition coefficient (Wildman–Crippen LogP) is 5.88. The van der Waals surface area contributed by atoms with Crippen LogP contribution in [0.5, 0.6) is 11.5 Å². The van der Waals surface area contributed by atoms with Gasteiger partial charge in [0, 0.05) is 5.69 Å². The Kier molecular flexibility index (Phi) is 8.77. The van der Waals surface area contributed by atoms with Crippen molar-refractivity contribution in [2.45, 2.75) is 6.92 Å². The molecule has 0 unspecified atom stereocenters. The SMILES string of the molecule is CCOc1cc(/C=C2/SC(=Nc3ccc(F)cc3)NC2=O)cc(I)c1OCC(=O)Nc1ccc(F)cc1. The number of nitrogens with zero attached hydrogens (tertiary/aromatic N) is 1. The molecule has 0 saturated carbocycles. The van der Waals surface area contributed by atoms with Crippen molar-refractivity contribution in [1.29, 1.82) is 0 Å². The molecule has 3 aromatic rings. The normalized spacial score (nSPS) is 15.1. The Hall–Kier alpha value is -3.45. The number of carbonyl (C=O) groups excluding carboxylic acids is 2. The molecule has 0 spiro atoms. The number of ether oxygens (including phenoxy) is 2. The number of thioether (sulfide) groups is 1. The van der Waals surface area contributed by atoms with Gasteiger partial charge in [0.25, 0.3) is 11.8 Å². The fraction of sp³-hybridized carbons (Fsp3) is 0.115. The van der Waals surface area contributed by atoms with Gasteiger partial charge in [-0.3, -0.25) is 9.59 Å². The summed E-state index contributed by atoms with van der Waals surface area (Å²) in [6, 6.07) is 14.6. The molecule has 190 valence electrons. The molecule has 4 rings (SSSR count). The van der Waals surface area contributed by atoms with Crippen LogP contribution in [0.25, 0.3) is 6.08 Å². The Balaban J connectivity index is 1.48. The molecular formula is C26H20F2IN3O4S. The number of halogens is 3. The third-order valence-electron chi connectivity index (χ3n) is 4.81. The molecule has 0 aliphatic carbocycles. The highest BCUT2D eigenvalue weighted by Gasteiger charge is 2.24. The number of amidine groups is 1. The van der Waals surface area contributed by atoms with Gasteiger partial charge in [0.05, 0.1) is 20.8 Å². The molecule has 1 heterocycles. The van der Waals surface area contributed by atoms with Gasteiger partial charge >= 0.3 is 0 Å². The van der Waals surface area contributed by atoms with Gasteiger partial charge in [0.2, 0.25) is 0 Å². The van der Waals surface area contributed by atoms with Gasteiger partial charge in [0.1, 0.15) is 11.6 Å². The lowest BCUT2D eigenvalue weighted by atomic mass is 10.2. The minimum absolute atomic E-state index is 0.282. The van der Waals surface area contributed by atoms with E-state index in [1.807, 2.05) is 6.92 Å². The summed E-state index contributed by atoms with van der Waals surface area (Å²) in [6.45, 7) is 1.90. The van der Waals surface area contributed by atoms with Crippen LogP contribution in [-0.2, 0) is 9.59 Å². The van der Waals surface area contributed by atoms with Crippen LogP contribution in [0.1, 0.15) is 12.5 Å². The topological polar surface area (TPSA) is 89.0 Å². The van der Waals surface area contributed by atoms with Crippen LogP contribution in [-0.4, -0.2) is 30.2 Å². The summed E-state index contributed by atoms with van der Waals surface area (Å²) < 4.78 is 38.3. The second-order valence-corrected chi connectivity index (χ2v) is 9.76. The average molecular weight is 635 g/mol. The van der Waals surface area contributed by atoms with Gasteiger partial charge in [-0.2, -0.15) is 0 Å². The van der Waals surface area contributed by atoms with Crippen LogP contribution in [0.15, 0.2) is 70.6 Å². The Bertz CT molecular complexity index is 1380. The Morgan fingerprint density at radius 1 is 1.08 bits per heavy atom. The fourth-order valence-corrected chi connectivity index (χ4v) is 4.83. The molecule has 2 N–H and O–H groups in total. The van der Waals surface area contributed by atoms with E-state index < -0.39 is 11.7 Å². The summed E-state index contributed by atoms with van der Waals surface area (Å²) in [5, 5.41) is 5.72. The highest BCUT2D eigenvalue weighted by molar-refractivity contribution is 14.1. The summed E-state index contributed by atoms with van der Waals surface area (Å²) in [7, 11) is 0. The number of aliphatic imine (C=N–C) groups is 1. The van der Waals surface area contributed by atoms with E-state index in [1.165, 1.54) is 48.5 Å². The van der Waals surface area contributed by atoms with Crippen molar-refractivity contribution in [2.75, 3.05) is 18.5 Å². The number of carbonyl (C=O) groups is 2. The average Bonchev–Trinajstić information content (AvgIpc) is 3.20. The van der Waals surface area contributed by atoms with Gasteiger partial charge in [0.15, 0.2) is 23.3 Å². The maximum atomic E-state index is 13.1. The van der Waals surface area contributed by atoms with E-state index in [-0.39, 0.29) is 18.3 Å². The van der Waals surface area contributed by atoms with Crippen LogP contribution in [0, 0.1) is 15.2 Å². The molecular weight excluding hydrogens is 615 g/mol. The van der Waals surface area contributed by atoms with Crippen molar-refractivity contribution >= 4 is 68.8 Å². The Labute approximate surface area is 229 Å². The Morgan fingerprint density at radius 3 is 2.43 bits per heavy atom. The van der Waals surface area contributed by atoms with E-state index in [0.717, 1.165) is 11.8 Å². The summed E-state index contributed by atoms with van der Waals surface area (Å²) in [6.07, 6.45) is 1.70. The number of amides is 2. The molecule has 0 aromatic heterocycles. The molecule has 3 aromatic carbocycles. The summed E-state index contributed by atoms with van der Waals surface area (Å²) in [5.74, 6) is -0.682.